The van der Waals surface area contributed by atoms with E-state index in [0.717, 1.165) is 16.7 Å². The molecule has 3 aromatic rings. The number of aromatic nitrogens is 2. The Hall–Kier alpha value is -3.61. The van der Waals surface area contributed by atoms with E-state index in [1.807, 2.05) is 67.8 Å². The Bertz CT molecular complexity index is 938. The van der Waals surface area contributed by atoms with Crippen LogP contribution in [0.3, 0.4) is 0 Å². The van der Waals surface area contributed by atoms with Gasteiger partial charge in [-0.3, -0.25) is 25.1 Å². The van der Waals surface area contributed by atoms with E-state index in [1.54, 1.807) is 10.9 Å². The number of benzene rings is 2. The van der Waals surface area contributed by atoms with Crippen LogP contribution in [0.2, 0.25) is 0 Å². The van der Waals surface area contributed by atoms with Gasteiger partial charge in [0.2, 0.25) is 5.91 Å². The van der Waals surface area contributed by atoms with Crippen LogP contribution in [0, 0.1) is 0 Å². The number of carbonyl (C=O) groups is 2. The molecule has 0 unspecified atom stereocenters. The van der Waals surface area contributed by atoms with Crippen molar-refractivity contribution in [2.45, 2.75) is 12.8 Å². The molecule has 0 bridgehead atoms. The topological polar surface area (TPSA) is 85.2 Å². The first-order valence-electron chi connectivity index (χ1n) is 8.94. The Morgan fingerprint density at radius 1 is 1.00 bits per heavy atom. The fourth-order valence-electron chi connectivity index (χ4n) is 2.69. The Morgan fingerprint density at radius 3 is 2.46 bits per heavy atom. The molecule has 2 N–H and O–H groups in total. The molecule has 144 valence electrons. The van der Waals surface area contributed by atoms with Crippen molar-refractivity contribution in [3.63, 3.8) is 0 Å². The van der Waals surface area contributed by atoms with Gasteiger partial charge in [0.1, 0.15) is 5.75 Å². The highest BCUT2D eigenvalue weighted by Crippen LogP contribution is 2.29. The van der Waals surface area contributed by atoms with Gasteiger partial charge in [-0.05, 0) is 23.6 Å². The second-order valence-corrected chi connectivity index (χ2v) is 6.27. The monoisotopic (exact) mass is 378 g/mol. The Balaban J connectivity index is 1.45. The maximum atomic E-state index is 12.0. The van der Waals surface area contributed by atoms with Crippen molar-refractivity contribution >= 4 is 11.8 Å². The van der Waals surface area contributed by atoms with E-state index in [-0.39, 0.29) is 18.9 Å². The molecule has 3 rings (SSSR count). The highest BCUT2D eigenvalue weighted by molar-refractivity contribution is 5.83. The number of carbonyl (C=O) groups excluding carboxylic acids is 2. The Labute approximate surface area is 163 Å². The van der Waals surface area contributed by atoms with Gasteiger partial charge >= 0.3 is 0 Å². The molecule has 2 aromatic carbocycles. The molecule has 2 amide bonds. The summed E-state index contributed by atoms with van der Waals surface area (Å²) in [6.07, 6.45) is 4.37. The molecule has 7 heteroatoms. The van der Waals surface area contributed by atoms with Gasteiger partial charge in [0, 0.05) is 25.2 Å². The number of amides is 2. The number of para-hydroxylation sites is 1. The molecule has 0 aliphatic heterocycles. The van der Waals surface area contributed by atoms with Crippen LogP contribution in [0.15, 0.2) is 67.0 Å². The average Bonchev–Trinajstić information content (AvgIpc) is 3.15. The van der Waals surface area contributed by atoms with Crippen LogP contribution in [-0.2, 0) is 23.1 Å². The van der Waals surface area contributed by atoms with Crippen molar-refractivity contribution in [2.75, 3.05) is 6.61 Å². The first-order chi connectivity index (χ1) is 13.6. The van der Waals surface area contributed by atoms with Crippen molar-refractivity contribution in [1.82, 2.24) is 20.6 Å². The number of nitrogens with one attached hydrogen (secondary N) is 2. The molecule has 0 spiro atoms. The van der Waals surface area contributed by atoms with Gasteiger partial charge < -0.3 is 4.74 Å². The SMILES string of the molecule is Cn1cc(CCC(=O)NNC(=O)COc2ccccc2-c2ccccc2)cn1. The van der Waals surface area contributed by atoms with E-state index in [4.69, 9.17) is 4.74 Å². The van der Waals surface area contributed by atoms with Crippen LogP contribution < -0.4 is 15.6 Å². The summed E-state index contributed by atoms with van der Waals surface area (Å²) in [5.41, 5.74) is 7.63. The quantitative estimate of drug-likeness (QED) is 0.618. The second kappa shape index (κ2) is 9.36. The van der Waals surface area contributed by atoms with Gasteiger partial charge in [0.05, 0.1) is 6.20 Å². The number of hydrazine groups is 1. The summed E-state index contributed by atoms with van der Waals surface area (Å²) in [6, 6.07) is 17.3. The van der Waals surface area contributed by atoms with Gasteiger partial charge in [0.15, 0.2) is 6.61 Å². The number of rotatable bonds is 7. The van der Waals surface area contributed by atoms with Crippen molar-refractivity contribution in [1.29, 1.82) is 0 Å². The standard InChI is InChI=1S/C21H22N4O3/c1-25-14-16(13-22-25)11-12-20(26)23-24-21(27)15-28-19-10-6-5-9-18(19)17-7-3-2-4-8-17/h2-10,13-14H,11-12,15H2,1H3,(H,23,26)(H,24,27). The molecule has 1 heterocycles. The zero-order valence-electron chi connectivity index (χ0n) is 15.6. The van der Waals surface area contributed by atoms with Crippen LogP contribution in [0.25, 0.3) is 11.1 Å². The number of nitrogens with zero attached hydrogens (tertiary/aromatic N) is 2. The maximum Gasteiger partial charge on any atom is 0.276 e. The first-order valence-corrected chi connectivity index (χ1v) is 8.94. The molecule has 0 saturated carbocycles. The lowest BCUT2D eigenvalue weighted by Crippen LogP contribution is -2.43. The van der Waals surface area contributed by atoms with E-state index in [0.29, 0.717) is 12.2 Å². The van der Waals surface area contributed by atoms with Gasteiger partial charge in [-0.15, -0.1) is 0 Å². The molecule has 0 fully saturated rings. The van der Waals surface area contributed by atoms with E-state index in [1.165, 1.54) is 0 Å². The van der Waals surface area contributed by atoms with Gasteiger partial charge in [-0.1, -0.05) is 48.5 Å². The summed E-state index contributed by atoms with van der Waals surface area (Å²) in [6.45, 7) is -0.202. The molecule has 0 aliphatic rings. The van der Waals surface area contributed by atoms with E-state index in [9.17, 15) is 9.59 Å². The predicted molar refractivity (Wildman–Crippen MR) is 105 cm³/mol. The zero-order valence-corrected chi connectivity index (χ0v) is 15.6. The molecule has 0 radical (unpaired) electrons. The van der Waals surface area contributed by atoms with Crippen LogP contribution in [-0.4, -0.2) is 28.2 Å². The smallest absolute Gasteiger partial charge is 0.276 e. The number of hydrogen-bond donors (Lipinski definition) is 2. The van der Waals surface area contributed by atoms with Gasteiger partial charge in [-0.25, -0.2) is 0 Å². The fourth-order valence-corrected chi connectivity index (χ4v) is 2.69. The summed E-state index contributed by atoms with van der Waals surface area (Å²) in [5.74, 6) is -0.105. The maximum absolute atomic E-state index is 12.0. The summed E-state index contributed by atoms with van der Waals surface area (Å²) in [5, 5.41) is 4.05. The zero-order chi connectivity index (χ0) is 19.8. The lowest BCUT2D eigenvalue weighted by Gasteiger charge is -2.12. The fraction of sp³-hybridized carbons (Fsp3) is 0.190. The van der Waals surface area contributed by atoms with Crippen LogP contribution in [0.1, 0.15) is 12.0 Å². The largest absolute Gasteiger partial charge is 0.483 e. The van der Waals surface area contributed by atoms with Crippen LogP contribution in [0.4, 0.5) is 0 Å². The third kappa shape index (κ3) is 5.44. The Kier molecular flexibility index (Phi) is 6.41. The molecular formula is C21H22N4O3. The minimum Gasteiger partial charge on any atom is -0.483 e. The van der Waals surface area contributed by atoms with Crippen molar-refractivity contribution in [3.05, 3.63) is 72.6 Å². The summed E-state index contributed by atoms with van der Waals surface area (Å²) in [7, 11) is 1.82. The molecule has 7 nitrogen and oxygen atoms in total. The third-order valence-electron chi connectivity index (χ3n) is 4.07. The summed E-state index contributed by atoms with van der Waals surface area (Å²) >= 11 is 0. The summed E-state index contributed by atoms with van der Waals surface area (Å²) in [4.78, 5) is 23.8. The third-order valence-corrected chi connectivity index (χ3v) is 4.07. The van der Waals surface area contributed by atoms with E-state index < -0.39 is 5.91 Å². The lowest BCUT2D eigenvalue weighted by molar-refractivity contribution is -0.130. The second-order valence-electron chi connectivity index (χ2n) is 6.27. The molecule has 1 aromatic heterocycles. The minimum atomic E-state index is -0.433. The van der Waals surface area contributed by atoms with Crippen LogP contribution >= 0.6 is 0 Å². The van der Waals surface area contributed by atoms with Crippen molar-refractivity contribution in [3.8, 4) is 16.9 Å². The highest BCUT2D eigenvalue weighted by atomic mass is 16.5. The molecule has 0 atom stereocenters. The van der Waals surface area contributed by atoms with Gasteiger partial charge in [-0.2, -0.15) is 5.10 Å². The predicted octanol–water partition coefficient (Wildman–Crippen LogP) is 2.25. The number of hydrogen-bond acceptors (Lipinski definition) is 4. The number of aryl methyl sites for hydroxylation is 2. The van der Waals surface area contributed by atoms with Crippen LogP contribution in [0.5, 0.6) is 5.75 Å². The normalized spacial score (nSPS) is 10.3. The van der Waals surface area contributed by atoms with E-state index in [2.05, 4.69) is 16.0 Å². The number of ether oxygens (including phenoxy) is 1. The Morgan fingerprint density at radius 2 is 1.71 bits per heavy atom. The summed E-state index contributed by atoms with van der Waals surface area (Å²) < 4.78 is 7.32. The van der Waals surface area contributed by atoms with E-state index >= 15 is 0 Å². The lowest BCUT2D eigenvalue weighted by atomic mass is 10.1. The van der Waals surface area contributed by atoms with Crippen molar-refractivity contribution in [2.24, 2.45) is 7.05 Å². The average molecular weight is 378 g/mol. The molecule has 0 saturated heterocycles. The van der Waals surface area contributed by atoms with Crippen molar-refractivity contribution < 1.29 is 14.3 Å². The van der Waals surface area contributed by atoms with Gasteiger partial charge in [0.25, 0.3) is 5.91 Å². The highest BCUT2D eigenvalue weighted by Gasteiger charge is 2.09. The molecule has 28 heavy (non-hydrogen) atoms. The molecule has 0 aliphatic carbocycles. The first kappa shape index (κ1) is 19.2. The minimum absolute atomic E-state index is 0.202. The molecular weight excluding hydrogens is 356 g/mol.